The van der Waals surface area contributed by atoms with Crippen LogP contribution in [-0.2, 0) is 19.6 Å². The van der Waals surface area contributed by atoms with E-state index in [1.165, 1.54) is 12.1 Å². The van der Waals surface area contributed by atoms with Crippen molar-refractivity contribution >= 4 is 33.2 Å². The molecule has 1 fully saturated rings. The first-order valence-electron chi connectivity index (χ1n) is 9.68. The van der Waals surface area contributed by atoms with Crippen molar-refractivity contribution in [3.63, 3.8) is 0 Å². The van der Waals surface area contributed by atoms with Gasteiger partial charge in [0.1, 0.15) is 0 Å². The number of carbonyl (C=O) groups excluding carboxylic acids is 2. The van der Waals surface area contributed by atoms with E-state index >= 15 is 0 Å². The maximum Gasteiger partial charge on any atom is 0.238 e. The molecule has 0 unspecified atom stereocenters. The van der Waals surface area contributed by atoms with E-state index in [4.69, 9.17) is 5.14 Å². The number of carbonyl (C=O) groups is 2. The molecule has 1 aliphatic heterocycles. The summed E-state index contributed by atoms with van der Waals surface area (Å²) in [6, 6.07) is 13.4. The molecule has 8 nitrogen and oxygen atoms in total. The highest BCUT2D eigenvalue weighted by atomic mass is 32.2. The Hall–Kier alpha value is -2.75. The molecule has 3 N–H and O–H groups in total. The number of nitrogens with one attached hydrogen (secondary N) is 1. The predicted molar refractivity (Wildman–Crippen MR) is 116 cm³/mol. The molecule has 1 atom stereocenters. The van der Waals surface area contributed by atoms with Gasteiger partial charge in [-0.05, 0) is 56.3 Å². The van der Waals surface area contributed by atoms with Gasteiger partial charge in [0.25, 0.3) is 0 Å². The van der Waals surface area contributed by atoms with E-state index in [-0.39, 0.29) is 29.3 Å². The van der Waals surface area contributed by atoms with E-state index in [9.17, 15) is 18.0 Å². The molecule has 1 heterocycles. The second-order valence-corrected chi connectivity index (χ2v) is 9.02. The average molecular weight is 431 g/mol. The van der Waals surface area contributed by atoms with E-state index in [1.807, 2.05) is 24.0 Å². The SMILES string of the molecule is C[C@H](c1cccc(S(N)(=O)=O)c1)N(C)CC(=O)Nc1cccc(N2CCCC2=O)c1. The fraction of sp³-hybridized carbons (Fsp3) is 0.333. The second kappa shape index (κ2) is 8.95. The van der Waals surface area contributed by atoms with Crippen molar-refractivity contribution in [2.75, 3.05) is 30.4 Å². The molecule has 2 aromatic rings. The molecule has 1 aliphatic rings. The Kier molecular flexibility index (Phi) is 6.55. The van der Waals surface area contributed by atoms with E-state index in [2.05, 4.69) is 5.32 Å². The van der Waals surface area contributed by atoms with Crippen LogP contribution in [0.25, 0.3) is 0 Å². The first-order valence-corrected chi connectivity index (χ1v) is 11.2. The zero-order chi connectivity index (χ0) is 21.9. The second-order valence-electron chi connectivity index (χ2n) is 7.46. The highest BCUT2D eigenvalue weighted by Crippen LogP contribution is 2.25. The van der Waals surface area contributed by atoms with Crippen LogP contribution in [0.1, 0.15) is 31.4 Å². The topological polar surface area (TPSA) is 113 Å². The van der Waals surface area contributed by atoms with Crippen molar-refractivity contribution in [1.29, 1.82) is 0 Å². The van der Waals surface area contributed by atoms with Gasteiger partial charge in [0.05, 0.1) is 11.4 Å². The number of rotatable bonds is 7. The molecule has 160 valence electrons. The van der Waals surface area contributed by atoms with Gasteiger partial charge < -0.3 is 10.2 Å². The molecule has 9 heteroatoms. The first-order chi connectivity index (χ1) is 14.1. The maximum absolute atomic E-state index is 12.5. The number of likely N-dealkylation sites (N-methyl/N-ethyl adjacent to an activating group) is 1. The molecule has 0 aliphatic carbocycles. The van der Waals surface area contributed by atoms with Gasteiger partial charge >= 0.3 is 0 Å². The molecule has 0 saturated carbocycles. The van der Waals surface area contributed by atoms with Crippen LogP contribution in [0, 0.1) is 0 Å². The van der Waals surface area contributed by atoms with Crippen LogP contribution < -0.4 is 15.4 Å². The van der Waals surface area contributed by atoms with E-state index in [0.29, 0.717) is 18.7 Å². The highest BCUT2D eigenvalue weighted by molar-refractivity contribution is 7.89. The Morgan fingerprint density at radius 3 is 2.63 bits per heavy atom. The van der Waals surface area contributed by atoms with Gasteiger partial charge in [-0.15, -0.1) is 0 Å². The third-order valence-electron chi connectivity index (χ3n) is 5.24. The monoisotopic (exact) mass is 430 g/mol. The molecule has 1 saturated heterocycles. The fourth-order valence-corrected chi connectivity index (χ4v) is 4.01. The molecule has 0 aromatic heterocycles. The van der Waals surface area contributed by atoms with Gasteiger partial charge in [0.2, 0.25) is 21.8 Å². The van der Waals surface area contributed by atoms with Crippen LogP contribution >= 0.6 is 0 Å². The van der Waals surface area contributed by atoms with Crippen molar-refractivity contribution in [3.8, 4) is 0 Å². The maximum atomic E-state index is 12.5. The number of hydrogen-bond acceptors (Lipinski definition) is 5. The van der Waals surface area contributed by atoms with E-state index < -0.39 is 10.0 Å². The smallest absolute Gasteiger partial charge is 0.238 e. The van der Waals surface area contributed by atoms with Crippen molar-refractivity contribution in [2.24, 2.45) is 5.14 Å². The highest BCUT2D eigenvalue weighted by Gasteiger charge is 2.22. The Labute approximate surface area is 176 Å². The lowest BCUT2D eigenvalue weighted by Crippen LogP contribution is -2.32. The molecule has 0 bridgehead atoms. The third-order valence-corrected chi connectivity index (χ3v) is 6.15. The Morgan fingerprint density at radius 1 is 1.23 bits per heavy atom. The van der Waals surface area contributed by atoms with E-state index in [1.54, 1.807) is 36.2 Å². The number of amides is 2. The van der Waals surface area contributed by atoms with Crippen molar-refractivity contribution in [1.82, 2.24) is 4.90 Å². The first kappa shape index (κ1) is 21.9. The molecular weight excluding hydrogens is 404 g/mol. The summed E-state index contributed by atoms with van der Waals surface area (Å²) in [5.41, 5.74) is 2.14. The minimum atomic E-state index is -3.79. The lowest BCUT2D eigenvalue weighted by molar-refractivity contribution is -0.118. The molecule has 2 aromatic carbocycles. The molecule has 3 rings (SSSR count). The van der Waals surface area contributed by atoms with E-state index in [0.717, 1.165) is 17.7 Å². The summed E-state index contributed by atoms with van der Waals surface area (Å²) >= 11 is 0. The zero-order valence-corrected chi connectivity index (χ0v) is 17.9. The largest absolute Gasteiger partial charge is 0.325 e. The summed E-state index contributed by atoms with van der Waals surface area (Å²) in [5, 5.41) is 8.06. The molecular formula is C21H26N4O4S. The molecule has 0 radical (unpaired) electrons. The van der Waals surface area contributed by atoms with Crippen LogP contribution in [-0.4, -0.2) is 45.3 Å². The normalized spacial score (nSPS) is 15.5. The number of primary sulfonamides is 1. The van der Waals surface area contributed by atoms with Crippen LogP contribution in [0.15, 0.2) is 53.4 Å². The molecule has 0 spiro atoms. The van der Waals surface area contributed by atoms with Crippen LogP contribution in [0.5, 0.6) is 0 Å². The minimum Gasteiger partial charge on any atom is -0.325 e. The zero-order valence-electron chi connectivity index (χ0n) is 17.0. The minimum absolute atomic E-state index is 0.0398. The van der Waals surface area contributed by atoms with Gasteiger partial charge in [0, 0.05) is 30.4 Å². The van der Waals surface area contributed by atoms with Gasteiger partial charge in [0.15, 0.2) is 0 Å². The van der Waals surface area contributed by atoms with Crippen LogP contribution in [0.2, 0.25) is 0 Å². The Balaban J connectivity index is 1.64. The van der Waals surface area contributed by atoms with Gasteiger partial charge in [-0.3, -0.25) is 14.5 Å². The number of anilines is 2. The lowest BCUT2D eigenvalue weighted by Gasteiger charge is -2.25. The summed E-state index contributed by atoms with van der Waals surface area (Å²) in [4.78, 5) is 28.0. The summed E-state index contributed by atoms with van der Waals surface area (Å²) in [6.45, 7) is 2.68. The summed E-state index contributed by atoms with van der Waals surface area (Å²) in [6.07, 6.45) is 1.39. The number of benzene rings is 2. The lowest BCUT2D eigenvalue weighted by atomic mass is 10.1. The van der Waals surface area contributed by atoms with Crippen molar-refractivity contribution in [2.45, 2.75) is 30.7 Å². The third kappa shape index (κ3) is 5.24. The number of nitrogens with zero attached hydrogens (tertiary/aromatic N) is 2. The molecule has 2 amide bonds. The molecule has 30 heavy (non-hydrogen) atoms. The summed E-state index contributed by atoms with van der Waals surface area (Å²) in [5.74, 6) is -0.120. The average Bonchev–Trinajstić information content (AvgIpc) is 3.13. The number of hydrogen-bond donors (Lipinski definition) is 2. The van der Waals surface area contributed by atoms with Crippen molar-refractivity contribution < 1.29 is 18.0 Å². The number of sulfonamides is 1. The Morgan fingerprint density at radius 2 is 1.97 bits per heavy atom. The van der Waals surface area contributed by atoms with Crippen molar-refractivity contribution in [3.05, 3.63) is 54.1 Å². The fourth-order valence-electron chi connectivity index (χ4n) is 3.44. The van der Waals surface area contributed by atoms with Crippen LogP contribution in [0.3, 0.4) is 0 Å². The number of nitrogens with two attached hydrogens (primary N) is 1. The summed E-state index contributed by atoms with van der Waals surface area (Å²) < 4.78 is 23.2. The summed E-state index contributed by atoms with van der Waals surface area (Å²) in [7, 11) is -2.00. The standard InChI is InChI=1S/C21H26N4O4S/c1-15(16-6-3-9-19(12-16)30(22,28)29)24(2)14-20(26)23-17-7-4-8-18(13-17)25-11-5-10-21(25)27/h3-4,6-9,12-13,15H,5,10-11,14H2,1-2H3,(H,23,26)(H2,22,28,29)/t15-/m1/s1. The van der Waals surface area contributed by atoms with Gasteiger partial charge in [-0.2, -0.15) is 0 Å². The van der Waals surface area contributed by atoms with Gasteiger partial charge in [-0.1, -0.05) is 18.2 Å². The Bertz CT molecular complexity index is 1050. The quantitative estimate of drug-likeness (QED) is 0.698. The van der Waals surface area contributed by atoms with Gasteiger partial charge in [-0.25, -0.2) is 13.6 Å². The van der Waals surface area contributed by atoms with Crippen LogP contribution in [0.4, 0.5) is 11.4 Å². The predicted octanol–water partition coefficient (Wildman–Crippen LogP) is 2.09.